The maximum Gasteiger partial charge on any atom is 0.294 e. The van der Waals surface area contributed by atoms with E-state index in [1.807, 2.05) is 0 Å². The first-order chi connectivity index (χ1) is 16.3. The van der Waals surface area contributed by atoms with Crippen LogP contribution in [0.15, 0.2) is 87.1 Å². The third kappa shape index (κ3) is 3.64. The Morgan fingerprint density at radius 2 is 1.91 bits per heavy atom. The summed E-state index contributed by atoms with van der Waals surface area (Å²) in [7, 11) is 0. The maximum atomic E-state index is 13.5. The van der Waals surface area contributed by atoms with Gasteiger partial charge in [0.1, 0.15) is 17.4 Å². The van der Waals surface area contributed by atoms with Gasteiger partial charge in [-0.1, -0.05) is 17.7 Å². The Bertz CT molecular complexity index is 1480. The van der Waals surface area contributed by atoms with Crippen LogP contribution in [-0.2, 0) is 9.59 Å². The van der Waals surface area contributed by atoms with Crippen molar-refractivity contribution in [1.29, 1.82) is 0 Å². The Morgan fingerprint density at radius 1 is 1.09 bits per heavy atom. The van der Waals surface area contributed by atoms with Crippen LogP contribution < -0.4 is 10.2 Å². The van der Waals surface area contributed by atoms with Gasteiger partial charge in [-0.2, -0.15) is 0 Å². The summed E-state index contributed by atoms with van der Waals surface area (Å²) in [6, 6.07) is 15.1. The molecule has 9 heteroatoms. The van der Waals surface area contributed by atoms with E-state index in [1.54, 1.807) is 54.6 Å². The van der Waals surface area contributed by atoms with E-state index in [0.717, 1.165) is 0 Å². The number of carbonyl (C=O) groups is 3. The number of furan rings is 2. The van der Waals surface area contributed by atoms with E-state index in [9.17, 15) is 19.5 Å². The van der Waals surface area contributed by atoms with Crippen LogP contribution in [0.4, 0.5) is 11.4 Å². The van der Waals surface area contributed by atoms with Crippen molar-refractivity contribution in [3.8, 4) is 0 Å². The van der Waals surface area contributed by atoms with Gasteiger partial charge in [-0.3, -0.25) is 19.3 Å². The molecule has 2 aromatic carbocycles. The van der Waals surface area contributed by atoms with E-state index in [2.05, 4.69) is 5.32 Å². The molecule has 1 atom stereocenters. The molecule has 1 aliphatic rings. The predicted octanol–water partition coefficient (Wildman–Crippen LogP) is 5.42. The third-order valence-corrected chi connectivity index (χ3v) is 5.65. The molecule has 0 saturated heterocycles. The number of nitrogens with zero attached hydrogens (tertiary/aromatic N) is 1. The van der Waals surface area contributed by atoms with Crippen LogP contribution in [0.3, 0.4) is 0 Å². The standard InChI is InChI=1S/C25H17ClN2O6/c1-13(29)27-16-4-2-5-17(12-16)28-22(19-6-3-9-33-19)21(24(31)25(28)32)23(30)20-11-14-10-15(26)7-8-18(14)34-20/h2-12,22,31H,1H3,(H,27,29). The van der Waals surface area contributed by atoms with Crippen LogP contribution in [-0.4, -0.2) is 22.7 Å². The topological polar surface area (TPSA) is 113 Å². The van der Waals surface area contributed by atoms with Crippen LogP contribution in [0.2, 0.25) is 5.02 Å². The number of hydrogen-bond acceptors (Lipinski definition) is 6. The summed E-state index contributed by atoms with van der Waals surface area (Å²) in [5.41, 5.74) is 1.05. The summed E-state index contributed by atoms with van der Waals surface area (Å²) in [5, 5.41) is 14.6. The van der Waals surface area contributed by atoms with Crippen LogP contribution in [0, 0.1) is 0 Å². The predicted molar refractivity (Wildman–Crippen MR) is 125 cm³/mol. The molecule has 8 nitrogen and oxygen atoms in total. The van der Waals surface area contributed by atoms with E-state index in [0.29, 0.717) is 27.4 Å². The molecule has 3 heterocycles. The third-order valence-electron chi connectivity index (χ3n) is 5.41. The number of aliphatic hydroxyl groups excluding tert-OH is 1. The number of Topliss-reactive ketones (excluding diaryl/α,β-unsaturated/α-hetero) is 1. The number of hydrogen-bond donors (Lipinski definition) is 2. The molecule has 1 aliphatic heterocycles. The summed E-state index contributed by atoms with van der Waals surface area (Å²) < 4.78 is 11.2. The van der Waals surface area contributed by atoms with Gasteiger partial charge in [0.25, 0.3) is 5.91 Å². The molecule has 0 aliphatic carbocycles. The van der Waals surface area contributed by atoms with E-state index in [4.69, 9.17) is 20.4 Å². The lowest BCUT2D eigenvalue weighted by Gasteiger charge is -2.25. The number of anilines is 2. The van der Waals surface area contributed by atoms with Crippen molar-refractivity contribution in [1.82, 2.24) is 0 Å². The van der Waals surface area contributed by atoms with E-state index >= 15 is 0 Å². The Hall–Kier alpha value is -4.30. The molecule has 2 N–H and O–H groups in total. The number of halogens is 1. The summed E-state index contributed by atoms with van der Waals surface area (Å²) in [4.78, 5) is 39.5. The molecule has 1 unspecified atom stereocenters. The first kappa shape index (κ1) is 21.5. The molecule has 0 saturated carbocycles. The molecule has 0 fully saturated rings. The number of carbonyl (C=O) groups excluding carboxylic acids is 3. The highest BCUT2D eigenvalue weighted by Gasteiger charge is 2.46. The van der Waals surface area contributed by atoms with Crippen molar-refractivity contribution in [2.75, 3.05) is 10.2 Å². The van der Waals surface area contributed by atoms with Gasteiger partial charge in [-0.25, -0.2) is 0 Å². The number of ketones is 1. The fraction of sp³-hybridized carbons (Fsp3) is 0.0800. The Kier molecular flexibility index (Phi) is 5.22. The molecule has 34 heavy (non-hydrogen) atoms. The number of aliphatic hydroxyl groups is 1. The molecule has 0 radical (unpaired) electrons. The Balaban J connectivity index is 1.61. The van der Waals surface area contributed by atoms with Crippen molar-refractivity contribution < 1.29 is 28.3 Å². The quantitative estimate of drug-likeness (QED) is 0.372. The second kappa shape index (κ2) is 8.24. The van der Waals surface area contributed by atoms with Gasteiger partial charge in [-0.15, -0.1) is 0 Å². The van der Waals surface area contributed by atoms with Crippen LogP contribution in [0.1, 0.15) is 29.3 Å². The summed E-state index contributed by atoms with van der Waals surface area (Å²) in [5.74, 6) is -2.24. The van der Waals surface area contributed by atoms with Gasteiger partial charge < -0.3 is 19.3 Å². The molecule has 5 rings (SSSR count). The zero-order chi connectivity index (χ0) is 24.0. The average Bonchev–Trinajstić information content (AvgIpc) is 3.52. The molecule has 4 aromatic rings. The van der Waals surface area contributed by atoms with Crippen LogP contribution in [0.25, 0.3) is 11.0 Å². The van der Waals surface area contributed by atoms with Gasteiger partial charge in [0.15, 0.2) is 11.5 Å². The minimum atomic E-state index is -1.06. The van der Waals surface area contributed by atoms with Gasteiger partial charge in [-0.05, 0) is 54.6 Å². The highest BCUT2D eigenvalue weighted by atomic mass is 35.5. The summed E-state index contributed by atoms with van der Waals surface area (Å²) >= 11 is 6.03. The zero-order valence-electron chi connectivity index (χ0n) is 17.7. The average molecular weight is 477 g/mol. The maximum absolute atomic E-state index is 13.5. The minimum Gasteiger partial charge on any atom is -0.503 e. The van der Waals surface area contributed by atoms with Crippen LogP contribution in [0.5, 0.6) is 0 Å². The molecular formula is C25H17ClN2O6. The molecule has 170 valence electrons. The largest absolute Gasteiger partial charge is 0.503 e. The van der Waals surface area contributed by atoms with Crippen molar-refractivity contribution in [2.45, 2.75) is 13.0 Å². The highest BCUT2D eigenvalue weighted by molar-refractivity contribution is 6.31. The number of fused-ring (bicyclic) bond motifs is 1. The van der Waals surface area contributed by atoms with Crippen molar-refractivity contribution in [2.24, 2.45) is 0 Å². The molecule has 2 aromatic heterocycles. The SMILES string of the molecule is CC(=O)Nc1cccc(N2C(=O)C(O)=C(C(=O)c3cc4cc(Cl)ccc4o3)C2c2ccco2)c1. The monoisotopic (exact) mass is 476 g/mol. The van der Waals surface area contributed by atoms with Gasteiger partial charge in [0, 0.05) is 28.7 Å². The highest BCUT2D eigenvalue weighted by Crippen LogP contribution is 2.43. The van der Waals surface area contributed by atoms with Crippen molar-refractivity contribution in [3.63, 3.8) is 0 Å². The van der Waals surface area contributed by atoms with Crippen LogP contribution >= 0.6 is 11.6 Å². The summed E-state index contributed by atoms with van der Waals surface area (Å²) in [6.07, 6.45) is 1.41. The summed E-state index contributed by atoms with van der Waals surface area (Å²) in [6.45, 7) is 1.37. The molecule has 0 bridgehead atoms. The fourth-order valence-electron chi connectivity index (χ4n) is 4.02. The lowest BCUT2D eigenvalue weighted by Crippen LogP contribution is -2.30. The fourth-order valence-corrected chi connectivity index (χ4v) is 4.20. The lowest BCUT2D eigenvalue weighted by molar-refractivity contribution is -0.117. The zero-order valence-corrected chi connectivity index (χ0v) is 18.5. The molecule has 2 amide bonds. The van der Waals surface area contributed by atoms with E-state index in [-0.39, 0.29) is 23.0 Å². The van der Waals surface area contributed by atoms with E-state index in [1.165, 1.54) is 24.2 Å². The Labute approximate surface area is 198 Å². The normalized spacial score (nSPS) is 15.9. The second-order valence-electron chi connectivity index (χ2n) is 7.71. The smallest absolute Gasteiger partial charge is 0.294 e. The number of nitrogens with one attached hydrogen (secondary N) is 1. The molecule has 0 spiro atoms. The second-order valence-corrected chi connectivity index (χ2v) is 8.15. The lowest BCUT2D eigenvalue weighted by atomic mass is 9.99. The number of benzene rings is 2. The van der Waals surface area contributed by atoms with Gasteiger partial charge in [0.2, 0.25) is 11.7 Å². The van der Waals surface area contributed by atoms with E-state index < -0.39 is 23.5 Å². The van der Waals surface area contributed by atoms with Crippen molar-refractivity contribution >= 4 is 51.5 Å². The van der Waals surface area contributed by atoms with Gasteiger partial charge in [0.05, 0.1) is 11.8 Å². The van der Waals surface area contributed by atoms with Crippen molar-refractivity contribution in [3.05, 3.63) is 94.8 Å². The first-order valence-corrected chi connectivity index (χ1v) is 10.6. The first-order valence-electron chi connectivity index (χ1n) is 10.2. The molecular weight excluding hydrogens is 460 g/mol. The minimum absolute atomic E-state index is 0.0583. The Morgan fingerprint density at radius 3 is 2.65 bits per heavy atom. The number of amides is 2. The van der Waals surface area contributed by atoms with Gasteiger partial charge >= 0.3 is 0 Å². The number of rotatable bonds is 5.